The van der Waals surface area contributed by atoms with Crippen LogP contribution in [0.3, 0.4) is 0 Å². The van der Waals surface area contributed by atoms with E-state index >= 15 is 0 Å². The summed E-state index contributed by atoms with van der Waals surface area (Å²) in [6.45, 7) is 0. The number of nitrogens with two attached hydrogens (primary N) is 1. The van der Waals surface area contributed by atoms with Crippen molar-refractivity contribution in [1.29, 1.82) is 0 Å². The zero-order chi connectivity index (χ0) is 16.1. The Hall–Kier alpha value is -3.42. The standard InChI is InChI=1S/C14H12N4O4/c15-11-4-2-1-3-10(11)14(20)17-16-8-9-5-6-13(19)12(7-9)18(21)22/h1-8,19H,15H2,(H,17,20)/b16-8-. The van der Waals surface area contributed by atoms with E-state index in [2.05, 4.69) is 10.5 Å². The predicted molar refractivity (Wildman–Crippen MR) is 80.7 cm³/mol. The number of hydrazone groups is 1. The number of nitrogens with one attached hydrogen (secondary N) is 1. The van der Waals surface area contributed by atoms with Crippen LogP contribution in [-0.2, 0) is 0 Å². The lowest BCUT2D eigenvalue weighted by molar-refractivity contribution is -0.385. The highest BCUT2D eigenvalue weighted by Crippen LogP contribution is 2.25. The zero-order valence-corrected chi connectivity index (χ0v) is 11.3. The van der Waals surface area contributed by atoms with E-state index in [1.54, 1.807) is 24.3 Å². The van der Waals surface area contributed by atoms with E-state index in [1.165, 1.54) is 18.3 Å². The normalized spacial score (nSPS) is 10.5. The highest BCUT2D eigenvalue weighted by Gasteiger charge is 2.13. The van der Waals surface area contributed by atoms with Crippen molar-refractivity contribution in [3.63, 3.8) is 0 Å². The van der Waals surface area contributed by atoms with Crippen molar-refractivity contribution in [2.45, 2.75) is 0 Å². The lowest BCUT2D eigenvalue weighted by atomic mass is 10.2. The first kappa shape index (κ1) is 15.0. The molecule has 0 aliphatic carbocycles. The van der Waals surface area contributed by atoms with Gasteiger partial charge in [-0.3, -0.25) is 14.9 Å². The average Bonchev–Trinajstić information content (AvgIpc) is 2.49. The molecule has 1 amide bonds. The van der Waals surface area contributed by atoms with Crippen LogP contribution < -0.4 is 11.2 Å². The molecule has 0 fully saturated rings. The quantitative estimate of drug-likeness (QED) is 0.342. The maximum atomic E-state index is 11.8. The van der Waals surface area contributed by atoms with Crippen molar-refractivity contribution in [3.8, 4) is 5.75 Å². The third kappa shape index (κ3) is 3.37. The third-order valence-electron chi connectivity index (χ3n) is 2.78. The summed E-state index contributed by atoms with van der Waals surface area (Å²) >= 11 is 0. The smallest absolute Gasteiger partial charge is 0.311 e. The molecule has 0 bridgehead atoms. The minimum atomic E-state index is -0.712. The molecule has 0 aliphatic heterocycles. The number of carbonyl (C=O) groups excluding carboxylic acids is 1. The molecule has 2 aromatic carbocycles. The van der Waals surface area contributed by atoms with Crippen LogP contribution in [0.4, 0.5) is 11.4 Å². The second-order valence-corrected chi connectivity index (χ2v) is 4.29. The van der Waals surface area contributed by atoms with Gasteiger partial charge < -0.3 is 10.8 Å². The summed E-state index contributed by atoms with van der Waals surface area (Å²) in [5.41, 5.74) is 8.43. The number of anilines is 1. The number of rotatable bonds is 4. The molecule has 0 heterocycles. The molecule has 0 aromatic heterocycles. The molecule has 2 rings (SSSR count). The first-order valence-corrected chi connectivity index (χ1v) is 6.14. The van der Waals surface area contributed by atoms with E-state index in [4.69, 9.17) is 5.73 Å². The number of phenols is 1. The van der Waals surface area contributed by atoms with Crippen molar-refractivity contribution in [1.82, 2.24) is 5.43 Å². The van der Waals surface area contributed by atoms with Gasteiger partial charge in [0.15, 0.2) is 5.75 Å². The number of aromatic hydroxyl groups is 1. The van der Waals surface area contributed by atoms with Gasteiger partial charge in [0.25, 0.3) is 5.91 Å². The first-order valence-electron chi connectivity index (χ1n) is 6.14. The number of nitrogens with zero attached hydrogens (tertiary/aromatic N) is 2. The fourth-order valence-corrected chi connectivity index (χ4v) is 1.70. The minimum absolute atomic E-state index is 0.274. The highest BCUT2D eigenvalue weighted by atomic mass is 16.6. The van der Waals surface area contributed by atoms with Crippen LogP contribution in [-0.4, -0.2) is 22.2 Å². The number of amides is 1. The Morgan fingerprint density at radius 3 is 2.73 bits per heavy atom. The summed E-state index contributed by atoms with van der Waals surface area (Å²) in [5.74, 6) is -0.939. The number of nitrogen functional groups attached to an aromatic ring is 1. The maximum Gasteiger partial charge on any atom is 0.311 e. The van der Waals surface area contributed by atoms with Crippen molar-refractivity contribution in [3.05, 3.63) is 63.7 Å². The fourth-order valence-electron chi connectivity index (χ4n) is 1.70. The summed E-state index contributed by atoms with van der Waals surface area (Å²) in [6, 6.07) is 10.2. The molecule has 0 atom stereocenters. The van der Waals surface area contributed by atoms with Crippen LogP contribution in [0.1, 0.15) is 15.9 Å². The number of hydrogen-bond acceptors (Lipinski definition) is 6. The number of para-hydroxylation sites is 1. The number of carbonyl (C=O) groups is 1. The monoisotopic (exact) mass is 300 g/mol. The van der Waals surface area contributed by atoms with Crippen molar-refractivity contribution >= 4 is 23.5 Å². The molecular formula is C14H12N4O4. The van der Waals surface area contributed by atoms with E-state index in [1.807, 2.05) is 0 Å². The molecule has 8 nitrogen and oxygen atoms in total. The Bertz CT molecular complexity index is 758. The number of nitro groups is 1. The Kier molecular flexibility index (Phi) is 4.33. The summed E-state index contributed by atoms with van der Waals surface area (Å²) < 4.78 is 0. The van der Waals surface area contributed by atoms with Gasteiger partial charge in [0.1, 0.15) is 0 Å². The number of nitro benzene ring substituents is 1. The maximum absolute atomic E-state index is 11.8. The van der Waals surface area contributed by atoms with E-state index in [-0.39, 0.29) is 5.56 Å². The third-order valence-corrected chi connectivity index (χ3v) is 2.78. The van der Waals surface area contributed by atoms with Crippen molar-refractivity contribution < 1.29 is 14.8 Å². The molecule has 0 radical (unpaired) electrons. The molecule has 4 N–H and O–H groups in total. The molecule has 112 valence electrons. The van der Waals surface area contributed by atoms with Crippen LogP contribution in [0.25, 0.3) is 0 Å². The average molecular weight is 300 g/mol. The molecule has 0 unspecified atom stereocenters. The molecule has 8 heteroatoms. The van der Waals surface area contributed by atoms with Gasteiger partial charge in [0, 0.05) is 17.3 Å². The van der Waals surface area contributed by atoms with Crippen LogP contribution in [0.15, 0.2) is 47.6 Å². The van der Waals surface area contributed by atoms with Gasteiger partial charge in [-0.25, -0.2) is 5.43 Å². The highest BCUT2D eigenvalue weighted by molar-refractivity contribution is 5.99. The second kappa shape index (κ2) is 6.35. The van der Waals surface area contributed by atoms with E-state index in [0.717, 1.165) is 6.07 Å². The number of benzene rings is 2. The van der Waals surface area contributed by atoms with Gasteiger partial charge in [-0.15, -0.1) is 0 Å². The Labute approximate surface area is 125 Å². The van der Waals surface area contributed by atoms with Crippen molar-refractivity contribution in [2.75, 3.05) is 5.73 Å². The molecule has 22 heavy (non-hydrogen) atoms. The van der Waals surface area contributed by atoms with Crippen LogP contribution in [0.5, 0.6) is 5.75 Å². The molecule has 0 spiro atoms. The largest absolute Gasteiger partial charge is 0.502 e. The van der Waals surface area contributed by atoms with Gasteiger partial charge in [-0.1, -0.05) is 12.1 Å². The van der Waals surface area contributed by atoms with Crippen molar-refractivity contribution in [2.24, 2.45) is 5.10 Å². The summed E-state index contributed by atoms with van der Waals surface area (Å²) in [7, 11) is 0. The second-order valence-electron chi connectivity index (χ2n) is 4.29. The summed E-state index contributed by atoms with van der Waals surface area (Å²) in [6.07, 6.45) is 1.23. The Morgan fingerprint density at radius 1 is 1.32 bits per heavy atom. The zero-order valence-electron chi connectivity index (χ0n) is 11.3. The lowest BCUT2D eigenvalue weighted by Gasteiger charge is -2.03. The van der Waals surface area contributed by atoms with Crippen LogP contribution in [0, 0.1) is 10.1 Å². The number of hydrogen-bond donors (Lipinski definition) is 3. The summed E-state index contributed by atoms with van der Waals surface area (Å²) in [5, 5.41) is 23.7. The fraction of sp³-hybridized carbons (Fsp3) is 0. The minimum Gasteiger partial charge on any atom is -0.502 e. The molecule has 0 saturated heterocycles. The topological polar surface area (TPSA) is 131 Å². The van der Waals surface area contributed by atoms with Gasteiger partial charge in [-0.05, 0) is 24.3 Å². The van der Waals surface area contributed by atoms with E-state index in [9.17, 15) is 20.0 Å². The molecule has 0 aliphatic rings. The van der Waals surface area contributed by atoms with E-state index in [0.29, 0.717) is 11.3 Å². The molecule has 0 saturated carbocycles. The van der Waals surface area contributed by atoms with Gasteiger partial charge in [-0.2, -0.15) is 5.10 Å². The Balaban J connectivity index is 2.10. The van der Waals surface area contributed by atoms with Gasteiger partial charge >= 0.3 is 5.69 Å². The molecular weight excluding hydrogens is 288 g/mol. The molecule has 2 aromatic rings. The van der Waals surface area contributed by atoms with Gasteiger partial charge in [0.2, 0.25) is 0 Å². The lowest BCUT2D eigenvalue weighted by Crippen LogP contribution is -2.19. The van der Waals surface area contributed by atoms with Crippen LogP contribution >= 0.6 is 0 Å². The SMILES string of the molecule is Nc1ccccc1C(=O)N/N=C\c1ccc(O)c([N+](=O)[O-])c1. The van der Waals surface area contributed by atoms with E-state index < -0.39 is 22.3 Å². The first-order chi connectivity index (χ1) is 10.5. The van der Waals surface area contributed by atoms with Gasteiger partial charge in [0.05, 0.1) is 16.7 Å². The summed E-state index contributed by atoms with van der Waals surface area (Å²) in [4.78, 5) is 21.8. The Morgan fingerprint density at radius 2 is 2.05 bits per heavy atom. The number of phenolic OH excluding ortho intramolecular Hbond substituents is 1. The van der Waals surface area contributed by atoms with Crippen LogP contribution in [0.2, 0.25) is 0 Å². The predicted octanol–water partition coefficient (Wildman–Crippen LogP) is 1.65.